The summed E-state index contributed by atoms with van der Waals surface area (Å²) in [6.07, 6.45) is 8.11. The predicted octanol–water partition coefficient (Wildman–Crippen LogP) is 2.14. The summed E-state index contributed by atoms with van der Waals surface area (Å²) in [5, 5.41) is 3.33. The molecule has 2 atom stereocenters. The fraction of sp³-hybridized carbons (Fsp3) is 0.417. The lowest BCUT2D eigenvalue weighted by atomic mass is 10.1. The van der Waals surface area contributed by atoms with Crippen LogP contribution >= 0.6 is 0 Å². The molecule has 0 aromatic carbocycles. The molecule has 14 heavy (non-hydrogen) atoms. The van der Waals surface area contributed by atoms with Gasteiger partial charge in [-0.2, -0.15) is 0 Å². The van der Waals surface area contributed by atoms with Crippen molar-refractivity contribution in [2.75, 3.05) is 0 Å². The van der Waals surface area contributed by atoms with Crippen molar-refractivity contribution in [3.05, 3.63) is 30.1 Å². The second-order valence-electron chi connectivity index (χ2n) is 3.27. The molecule has 0 fully saturated rings. The highest BCUT2D eigenvalue weighted by molar-refractivity contribution is 5.09. The fourth-order valence-corrected chi connectivity index (χ4v) is 1.30. The summed E-state index contributed by atoms with van der Waals surface area (Å²) in [4.78, 5) is 4.27. The number of aromatic nitrogens is 1. The zero-order valence-corrected chi connectivity index (χ0v) is 8.70. The molecule has 0 saturated carbocycles. The van der Waals surface area contributed by atoms with Crippen molar-refractivity contribution in [3.63, 3.8) is 0 Å². The average Bonchev–Trinajstić information content (AvgIpc) is 2.26. The molecule has 0 saturated heterocycles. The standard InChI is InChI=1S/C12H16N2/c1-4-11(5-2)14-10(3)12-8-6-7-9-13-12/h1,6-11,14H,5H2,2-3H3/t10-,11?/m0/s1. The number of nitrogens with zero attached hydrogens (tertiary/aromatic N) is 1. The number of hydrogen-bond donors (Lipinski definition) is 1. The van der Waals surface area contributed by atoms with Gasteiger partial charge < -0.3 is 0 Å². The van der Waals surface area contributed by atoms with Gasteiger partial charge in [-0.3, -0.25) is 10.3 Å². The average molecular weight is 188 g/mol. The topological polar surface area (TPSA) is 24.9 Å². The van der Waals surface area contributed by atoms with Crippen LogP contribution in [0, 0.1) is 12.3 Å². The Morgan fingerprint density at radius 1 is 1.57 bits per heavy atom. The summed E-state index contributed by atoms with van der Waals surface area (Å²) < 4.78 is 0. The second kappa shape index (κ2) is 5.41. The molecule has 1 heterocycles. The zero-order chi connectivity index (χ0) is 10.4. The number of hydrogen-bond acceptors (Lipinski definition) is 2. The Hall–Kier alpha value is -1.33. The van der Waals surface area contributed by atoms with E-state index in [0.717, 1.165) is 12.1 Å². The van der Waals surface area contributed by atoms with E-state index in [1.54, 1.807) is 6.20 Å². The summed E-state index contributed by atoms with van der Waals surface area (Å²) in [5.74, 6) is 2.71. The lowest BCUT2D eigenvalue weighted by Crippen LogP contribution is -2.29. The van der Waals surface area contributed by atoms with E-state index in [1.807, 2.05) is 18.2 Å². The molecule has 2 nitrogen and oxygen atoms in total. The van der Waals surface area contributed by atoms with Gasteiger partial charge in [0.25, 0.3) is 0 Å². The van der Waals surface area contributed by atoms with E-state index < -0.39 is 0 Å². The van der Waals surface area contributed by atoms with Gasteiger partial charge in [0.05, 0.1) is 11.7 Å². The van der Waals surface area contributed by atoms with Gasteiger partial charge in [0.1, 0.15) is 0 Å². The molecular formula is C12H16N2. The quantitative estimate of drug-likeness (QED) is 0.732. The van der Waals surface area contributed by atoms with E-state index in [4.69, 9.17) is 6.42 Å². The minimum atomic E-state index is 0.131. The highest BCUT2D eigenvalue weighted by Gasteiger charge is 2.09. The third-order valence-corrected chi connectivity index (χ3v) is 2.19. The smallest absolute Gasteiger partial charge is 0.0689 e. The van der Waals surface area contributed by atoms with Crippen molar-refractivity contribution < 1.29 is 0 Å². The molecule has 0 aliphatic rings. The van der Waals surface area contributed by atoms with E-state index in [1.165, 1.54) is 0 Å². The summed E-state index contributed by atoms with van der Waals surface area (Å²) in [5.41, 5.74) is 1.03. The first kappa shape index (κ1) is 10.7. The Balaban J connectivity index is 2.59. The minimum absolute atomic E-state index is 0.131. The van der Waals surface area contributed by atoms with Gasteiger partial charge in [-0.1, -0.05) is 18.9 Å². The third kappa shape index (κ3) is 2.86. The van der Waals surface area contributed by atoms with Crippen LogP contribution in [0.25, 0.3) is 0 Å². The number of nitrogens with one attached hydrogen (secondary N) is 1. The maximum absolute atomic E-state index is 5.38. The second-order valence-corrected chi connectivity index (χ2v) is 3.27. The monoisotopic (exact) mass is 188 g/mol. The van der Waals surface area contributed by atoms with Crippen molar-refractivity contribution >= 4 is 0 Å². The normalized spacial score (nSPS) is 14.4. The molecule has 0 aliphatic carbocycles. The molecule has 0 radical (unpaired) electrons. The summed E-state index contributed by atoms with van der Waals surface area (Å²) in [7, 11) is 0. The Bertz CT molecular complexity index is 300. The molecule has 1 unspecified atom stereocenters. The molecule has 1 aromatic rings. The molecule has 0 spiro atoms. The van der Waals surface area contributed by atoms with Gasteiger partial charge >= 0.3 is 0 Å². The maximum Gasteiger partial charge on any atom is 0.0689 e. The number of rotatable bonds is 4. The van der Waals surface area contributed by atoms with Crippen molar-refractivity contribution in [1.29, 1.82) is 0 Å². The molecule has 1 N–H and O–H groups in total. The number of terminal acetylenes is 1. The summed E-state index contributed by atoms with van der Waals surface area (Å²) in [6, 6.07) is 6.23. The Morgan fingerprint density at radius 3 is 2.86 bits per heavy atom. The van der Waals surface area contributed by atoms with E-state index in [9.17, 15) is 0 Å². The van der Waals surface area contributed by atoms with Crippen LogP contribution in [0.1, 0.15) is 32.0 Å². The number of pyridine rings is 1. The molecular weight excluding hydrogens is 172 g/mol. The molecule has 2 heteroatoms. The van der Waals surface area contributed by atoms with Crippen LogP contribution in [0.4, 0.5) is 0 Å². The van der Waals surface area contributed by atoms with Crippen molar-refractivity contribution in [2.24, 2.45) is 0 Å². The van der Waals surface area contributed by atoms with E-state index in [2.05, 4.69) is 30.1 Å². The highest BCUT2D eigenvalue weighted by atomic mass is 15.0. The first-order valence-electron chi connectivity index (χ1n) is 4.91. The van der Waals surface area contributed by atoms with Gasteiger partial charge in [0.2, 0.25) is 0 Å². The van der Waals surface area contributed by atoms with Crippen LogP contribution in [0.15, 0.2) is 24.4 Å². The van der Waals surface area contributed by atoms with Crippen LogP contribution in [0.3, 0.4) is 0 Å². The summed E-state index contributed by atoms with van der Waals surface area (Å²) >= 11 is 0. The van der Waals surface area contributed by atoms with Crippen molar-refractivity contribution in [2.45, 2.75) is 32.4 Å². The lowest BCUT2D eigenvalue weighted by Gasteiger charge is -2.17. The van der Waals surface area contributed by atoms with E-state index in [0.29, 0.717) is 0 Å². The van der Waals surface area contributed by atoms with E-state index in [-0.39, 0.29) is 12.1 Å². The molecule has 0 bridgehead atoms. The third-order valence-electron chi connectivity index (χ3n) is 2.19. The lowest BCUT2D eigenvalue weighted by molar-refractivity contribution is 0.503. The van der Waals surface area contributed by atoms with Gasteiger partial charge in [-0.05, 0) is 25.5 Å². The van der Waals surface area contributed by atoms with Gasteiger partial charge in [-0.25, -0.2) is 0 Å². The Morgan fingerprint density at radius 2 is 2.36 bits per heavy atom. The van der Waals surface area contributed by atoms with Crippen LogP contribution in [-0.4, -0.2) is 11.0 Å². The van der Waals surface area contributed by atoms with E-state index >= 15 is 0 Å². The van der Waals surface area contributed by atoms with Gasteiger partial charge in [-0.15, -0.1) is 6.42 Å². The Kier molecular flexibility index (Phi) is 4.15. The molecule has 74 valence electrons. The van der Waals surface area contributed by atoms with Crippen LogP contribution < -0.4 is 5.32 Å². The maximum atomic E-state index is 5.38. The first-order chi connectivity index (χ1) is 6.77. The predicted molar refractivity (Wildman–Crippen MR) is 58.7 cm³/mol. The fourth-order valence-electron chi connectivity index (χ4n) is 1.30. The van der Waals surface area contributed by atoms with Crippen LogP contribution in [-0.2, 0) is 0 Å². The largest absolute Gasteiger partial charge is 0.296 e. The van der Waals surface area contributed by atoms with Gasteiger partial charge in [0, 0.05) is 12.2 Å². The SMILES string of the molecule is C#CC(CC)N[C@@H](C)c1ccccn1. The molecule has 0 amide bonds. The minimum Gasteiger partial charge on any atom is -0.296 e. The van der Waals surface area contributed by atoms with Crippen LogP contribution in [0.5, 0.6) is 0 Å². The van der Waals surface area contributed by atoms with Crippen molar-refractivity contribution in [3.8, 4) is 12.3 Å². The van der Waals surface area contributed by atoms with Gasteiger partial charge in [0.15, 0.2) is 0 Å². The zero-order valence-electron chi connectivity index (χ0n) is 8.70. The first-order valence-corrected chi connectivity index (χ1v) is 4.91. The van der Waals surface area contributed by atoms with Crippen molar-refractivity contribution in [1.82, 2.24) is 10.3 Å². The highest BCUT2D eigenvalue weighted by Crippen LogP contribution is 2.09. The van der Waals surface area contributed by atoms with Crippen LogP contribution in [0.2, 0.25) is 0 Å². The molecule has 1 aromatic heterocycles. The molecule has 0 aliphatic heterocycles. The molecule has 1 rings (SSSR count). The Labute approximate surface area is 85.8 Å². The summed E-state index contributed by atoms with van der Waals surface area (Å²) in [6.45, 7) is 4.14.